The van der Waals surface area contributed by atoms with Crippen molar-refractivity contribution in [2.24, 2.45) is 0 Å². The highest BCUT2D eigenvalue weighted by atomic mass is 19.1. The summed E-state index contributed by atoms with van der Waals surface area (Å²) in [5.41, 5.74) is 2.34. The molecule has 0 bridgehead atoms. The average molecular weight is 563 g/mol. The predicted molar refractivity (Wildman–Crippen MR) is 152 cm³/mol. The summed E-state index contributed by atoms with van der Waals surface area (Å²) in [6.07, 6.45) is 4.16. The van der Waals surface area contributed by atoms with Crippen LogP contribution in [0.4, 0.5) is 21.7 Å². The summed E-state index contributed by atoms with van der Waals surface area (Å²) in [5.74, 6) is -1.26. The van der Waals surface area contributed by atoms with Crippen LogP contribution in [-0.4, -0.2) is 102 Å². The number of benzene rings is 1. The number of nitrogens with zero attached hydrogens (tertiary/aromatic N) is 5. The fraction of sp³-hybridized carbons (Fsp3) is 0.321. The number of anilines is 3. The zero-order valence-corrected chi connectivity index (χ0v) is 23.0. The van der Waals surface area contributed by atoms with Gasteiger partial charge in [-0.3, -0.25) is 9.69 Å². The molecule has 1 amide bonds. The van der Waals surface area contributed by atoms with Crippen LogP contribution in [0, 0.1) is 5.82 Å². The maximum atomic E-state index is 15.0. The molecule has 0 saturated carbocycles. The molecule has 1 saturated heterocycles. The van der Waals surface area contributed by atoms with Gasteiger partial charge in [0.25, 0.3) is 0 Å². The van der Waals surface area contributed by atoms with Crippen molar-refractivity contribution >= 4 is 40.1 Å². The molecule has 4 heterocycles. The molecule has 1 aromatic carbocycles. The first-order chi connectivity index (χ1) is 19.9. The van der Waals surface area contributed by atoms with Crippen LogP contribution in [0.5, 0.6) is 0 Å². The fourth-order valence-electron chi connectivity index (χ4n) is 4.78. The van der Waals surface area contributed by atoms with E-state index in [1.165, 1.54) is 19.4 Å². The first-order valence-corrected chi connectivity index (χ1v) is 13.0. The van der Waals surface area contributed by atoms with Gasteiger partial charge in [0.2, 0.25) is 11.9 Å². The standard InChI is InChI=1S/C28H31FN8O4/c1-36-9-11-37(12-10-36)23(16-40-2)26(38)34-21-6-4-5-18-19(14-31-25(18)21)24-20(29)15-32-28(35-24)33-17-7-8-30-22(13-17)27(39)41-3/h4-8,13-15,23,31H,9-12,16H2,1-3H3,(H,34,38)(H,30,32,33,35)/t23-/m1/s1. The van der Waals surface area contributed by atoms with E-state index >= 15 is 4.39 Å². The zero-order chi connectivity index (χ0) is 28.9. The van der Waals surface area contributed by atoms with Crippen LogP contribution in [0.1, 0.15) is 10.5 Å². The van der Waals surface area contributed by atoms with E-state index in [4.69, 9.17) is 9.47 Å². The zero-order valence-electron chi connectivity index (χ0n) is 23.0. The van der Waals surface area contributed by atoms with Crippen LogP contribution in [0.25, 0.3) is 22.2 Å². The van der Waals surface area contributed by atoms with E-state index in [0.717, 1.165) is 32.4 Å². The minimum absolute atomic E-state index is 0.0640. The summed E-state index contributed by atoms with van der Waals surface area (Å²) in [5, 5.41) is 6.68. The van der Waals surface area contributed by atoms with Crippen molar-refractivity contribution in [2.75, 3.05) is 64.7 Å². The number of piperazine rings is 1. The topological polar surface area (TPSA) is 138 Å². The molecule has 0 unspecified atom stereocenters. The van der Waals surface area contributed by atoms with E-state index in [-0.39, 0.29) is 29.9 Å². The molecule has 12 nitrogen and oxygen atoms in total. The van der Waals surface area contributed by atoms with Gasteiger partial charge in [-0.15, -0.1) is 0 Å². The van der Waals surface area contributed by atoms with Crippen molar-refractivity contribution in [3.8, 4) is 11.3 Å². The number of nitrogens with one attached hydrogen (secondary N) is 3. The molecule has 13 heteroatoms. The normalized spacial score (nSPS) is 15.0. The summed E-state index contributed by atoms with van der Waals surface area (Å²) < 4.78 is 25.1. The number of carbonyl (C=O) groups excluding carboxylic acids is 2. The van der Waals surface area contributed by atoms with Crippen molar-refractivity contribution in [3.63, 3.8) is 0 Å². The van der Waals surface area contributed by atoms with Gasteiger partial charge in [-0.05, 0) is 25.2 Å². The summed E-state index contributed by atoms with van der Waals surface area (Å²) in [6.45, 7) is 3.54. The number of fused-ring (bicyclic) bond motifs is 1. The van der Waals surface area contributed by atoms with Crippen LogP contribution in [0.2, 0.25) is 0 Å². The SMILES string of the molecule is COC[C@H](C(=O)Nc1cccc2c(-c3nc(Nc4ccnc(C(=O)OC)c4)ncc3F)c[nH]c12)N1CCN(C)CC1. The van der Waals surface area contributed by atoms with E-state index in [1.807, 2.05) is 6.07 Å². The summed E-state index contributed by atoms with van der Waals surface area (Å²) in [6, 6.07) is 8.07. The van der Waals surface area contributed by atoms with E-state index in [1.54, 1.807) is 31.5 Å². The number of aromatic amines is 1. The number of H-pyrrole nitrogens is 1. The van der Waals surface area contributed by atoms with E-state index in [9.17, 15) is 9.59 Å². The second kappa shape index (κ2) is 12.4. The molecule has 1 atom stereocenters. The first kappa shape index (κ1) is 28.1. The fourth-order valence-corrected chi connectivity index (χ4v) is 4.78. The van der Waals surface area contributed by atoms with Gasteiger partial charge in [0.05, 0.1) is 31.1 Å². The Morgan fingerprint density at radius 1 is 1.15 bits per heavy atom. The highest BCUT2D eigenvalue weighted by Crippen LogP contribution is 2.33. The number of hydrogen-bond acceptors (Lipinski definition) is 10. The van der Waals surface area contributed by atoms with Crippen LogP contribution < -0.4 is 10.6 Å². The average Bonchev–Trinajstić information content (AvgIpc) is 3.42. The number of rotatable bonds is 9. The molecule has 1 aliphatic heterocycles. The smallest absolute Gasteiger partial charge is 0.356 e. The van der Waals surface area contributed by atoms with E-state index < -0.39 is 17.8 Å². The molecular formula is C28H31FN8O4. The highest BCUT2D eigenvalue weighted by Gasteiger charge is 2.29. The van der Waals surface area contributed by atoms with Crippen LogP contribution in [0.15, 0.2) is 48.9 Å². The van der Waals surface area contributed by atoms with E-state index in [2.05, 4.69) is 47.4 Å². The molecule has 1 aliphatic rings. The number of methoxy groups -OCH3 is 2. The number of likely N-dealkylation sites (N-methyl/N-ethyl adjacent to an activating group) is 1. The predicted octanol–water partition coefficient (Wildman–Crippen LogP) is 2.89. The van der Waals surface area contributed by atoms with Gasteiger partial charge >= 0.3 is 5.97 Å². The van der Waals surface area contributed by atoms with Gasteiger partial charge in [-0.2, -0.15) is 0 Å². The Labute approximate surface area is 235 Å². The molecule has 0 aliphatic carbocycles. The Morgan fingerprint density at radius 3 is 2.71 bits per heavy atom. The molecule has 1 fully saturated rings. The first-order valence-electron chi connectivity index (χ1n) is 13.0. The Bertz CT molecular complexity index is 1550. The lowest BCUT2D eigenvalue weighted by molar-refractivity contribution is -0.124. The minimum Gasteiger partial charge on any atom is -0.464 e. The van der Waals surface area contributed by atoms with Crippen LogP contribution in [-0.2, 0) is 14.3 Å². The maximum Gasteiger partial charge on any atom is 0.356 e. The number of halogens is 1. The summed E-state index contributed by atoms with van der Waals surface area (Å²) in [7, 11) is 4.91. The monoisotopic (exact) mass is 562 g/mol. The van der Waals surface area contributed by atoms with Gasteiger partial charge in [0.1, 0.15) is 17.4 Å². The summed E-state index contributed by atoms with van der Waals surface area (Å²) >= 11 is 0. The van der Waals surface area contributed by atoms with Crippen molar-refractivity contribution < 1.29 is 23.5 Å². The van der Waals surface area contributed by atoms with Gasteiger partial charge in [0.15, 0.2) is 5.82 Å². The molecule has 214 valence electrons. The van der Waals surface area contributed by atoms with Crippen molar-refractivity contribution in [1.29, 1.82) is 0 Å². The van der Waals surface area contributed by atoms with Crippen molar-refractivity contribution in [3.05, 3.63) is 60.4 Å². The van der Waals surface area contributed by atoms with Crippen LogP contribution >= 0.6 is 0 Å². The Hall–Kier alpha value is -4.46. The van der Waals surface area contributed by atoms with Crippen molar-refractivity contribution in [2.45, 2.75) is 6.04 Å². The quantitative estimate of drug-likeness (QED) is 0.261. The van der Waals surface area contributed by atoms with Gasteiger partial charge in [-0.25, -0.2) is 24.1 Å². The molecule has 4 aromatic rings. The number of amides is 1. The lowest BCUT2D eigenvalue weighted by Crippen LogP contribution is -2.54. The number of para-hydroxylation sites is 1. The number of pyridine rings is 1. The number of esters is 1. The van der Waals surface area contributed by atoms with Crippen LogP contribution in [0.3, 0.4) is 0 Å². The number of aromatic nitrogens is 4. The molecule has 0 spiro atoms. The Morgan fingerprint density at radius 2 is 1.95 bits per heavy atom. The lowest BCUT2D eigenvalue weighted by Gasteiger charge is -2.36. The molecule has 5 rings (SSSR count). The molecular weight excluding hydrogens is 531 g/mol. The summed E-state index contributed by atoms with van der Waals surface area (Å²) in [4.78, 5) is 45.1. The Balaban J connectivity index is 1.40. The van der Waals surface area contributed by atoms with Gasteiger partial charge in [-0.1, -0.05) is 12.1 Å². The second-order valence-electron chi connectivity index (χ2n) is 9.67. The number of hydrogen-bond donors (Lipinski definition) is 3. The molecule has 3 aromatic heterocycles. The molecule has 41 heavy (non-hydrogen) atoms. The number of ether oxygens (including phenoxy) is 2. The van der Waals surface area contributed by atoms with Gasteiger partial charge < -0.3 is 30.0 Å². The largest absolute Gasteiger partial charge is 0.464 e. The highest BCUT2D eigenvalue weighted by molar-refractivity contribution is 6.06. The van der Waals surface area contributed by atoms with Gasteiger partial charge in [0, 0.05) is 62.3 Å². The third kappa shape index (κ3) is 6.16. The van der Waals surface area contributed by atoms with Crippen molar-refractivity contribution in [1.82, 2.24) is 29.7 Å². The molecule has 3 N–H and O–H groups in total. The maximum absolute atomic E-state index is 15.0. The third-order valence-corrected chi connectivity index (χ3v) is 6.99. The number of carbonyl (C=O) groups is 2. The third-order valence-electron chi connectivity index (χ3n) is 6.99. The van der Waals surface area contributed by atoms with E-state index in [0.29, 0.717) is 27.8 Å². The lowest BCUT2D eigenvalue weighted by atomic mass is 10.1. The molecule has 0 radical (unpaired) electrons. The minimum atomic E-state index is -0.619. The Kier molecular flexibility index (Phi) is 8.47. The second-order valence-corrected chi connectivity index (χ2v) is 9.67.